The number of aliphatic hydroxyl groups is 1. The Morgan fingerprint density at radius 1 is 0.767 bits per heavy atom. The van der Waals surface area contributed by atoms with Crippen LogP contribution >= 0.6 is 0 Å². The molecule has 0 radical (unpaired) electrons. The van der Waals surface area contributed by atoms with Crippen LogP contribution in [-0.2, 0) is 45.7 Å². The third-order valence-electron chi connectivity index (χ3n) is 18.9. The summed E-state index contributed by atoms with van der Waals surface area (Å²) in [6, 6.07) is 3.02. The average Bonchev–Trinajstić information content (AvgIpc) is 3.94. The average molecular weight is 831 g/mol. The second-order valence-corrected chi connectivity index (χ2v) is 22.6. The highest BCUT2D eigenvalue weighted by Gasteiger charge is 2.70. The molecule has 13 atom stereocenters. The SMILES string of the molecule is CC1OC(=O)C2=C1OC(C)([C@@H]1CC[C@@]3(C)CC4CCC5[C@]6(C)CCCC(C)(C)C6CC[C@]5(C)[C@@]4(C)CC13)O2.COc1cc(CO)cc(O)c1C1(C)OC2=C(O1)C(C)CC2=O. The lowest BCUT2D eigenvalue weighted by atomic mass is 9.33. The third kappa shape index (κ3) is 5.79. The number of carbonyl (C=O) groups excluding carboxylic acids is 2. The molecule has 3 heterocycles. The summed E-state index contributed by atoms with van der Waals surface area (Å²) in [7, 11) is 1.45. The van der Waals surface area contributed by atoms with Gasteiger partial charge >= 0.3 is 5.97 Å². The number of hydrogen-bond acceptors (Lipinski definition) is 10. The Labute approximate surface area is 357 Å². The van der Waals surface area contributed by atoms with Crippen LogP contribution in [0, 0.1) is 62.6 Å². The fourth-order valence-electron chi connectivity index (χ4n) is 15.8. The van der Waals surface area contributed by atoms with E-state index < -0.39 is 11.6 Å². The second kappa shape index (κ2) is 13.6. The zero-order valence-corrected chi connectivity index (χ0v) is 38.0. The van der Waals surface area contributed by atoms with E-state index in [9.17, 15) is 19.8 Å². The van der Waals surface area contributed by atoms with Gasteiger partial charge < -0.3 is 38.6 Å². The lowest BCUT2D eigenvalue weighted by Crippen LogP contribution is -2.65. The van der Waals surface area contributed by atoms with Crippen molar-refractivity contribution in [3.8, 4) is 11.5 Å². The van der Waals surface area contributed by atoms with Crippen molar-refractivity contribution in [3.05, 3.63) is 46.3 Å². The molecule has 1 aromatic carbocycles. The molecule has 0 aromatic heterocycles. The zero-order valence-electron chi connectivity index (χ0n) is 38.0. The number of Topliss-reactive ketones (excluding diaryl/α,β-unsaturated/α-hetero) is 1. The molecule has 2 N–H and O–H groups in total. The summed E-state index contributed by atoms with van der Waals surface area (Å²) in [5.74, 6) is 2.70. The molecular formula is C50H70O10. The van der Waals surface area contributed by atoms with E-state index in [-0.39, 0.29) is 41.9 Å². The summed E-state index contributed by atoms with van der Waals surface area (Å²) < 4.78 is 35.3. The molecule has 330 valence electrons. The molecule has 0 bridgehead atoms. The first-order valence-corrected chi connectivity index (χ1v) is 23.1. The van der Waals surface area contributed by atoms with Gasteiger partial charge in [-0.15, -0.1) is 0 Å². The van der Waals surface area contributed by atoms with Crippen molar-refractivity contribution in [2.24, 2.45) is 62.6 Å². The van der Waals surface area contributed by atoms with Crippen LogP contribution in [0.4, 0.5) is 0 Å². The van der Waals surface area contributed by atoms with Crippen LogP contribution in [0.5, 0.6) is 11.5 Å². The third-order valence-corrected chi connectivity index (χ3v) is 18.9. The van der Waals surface area contributed by atoms with Gasteiger partial charge in [0.15, 0.2) is 17.6 Å². The minimum Gasteiger partial charge on any atom is -0.507 e. The number of aliphatic hydroxyl groups excluding tert-OH is 1. The highest BCUT2D eigenvalue weighted by Crippen LogP contribution is 2.77. The molecule has 5 saturated carbocycles. The number of ether oxygens (including phenoxy) is 6. The molecule has 0 spiro atoms. The van der Waals surface area contributed by atoms with Crippen molar-refractivity contribution in [2.75, 3.05) is 7.11 Å². The fourth-order valence-corrected chi connectivity index (χ4v) is 15.8. The molecule has 60 heavy (non-hydrogen) atoms. The van der Waals surface area contributed by atoms with Crippen molar-refractivity contribution in [1.82, 2.24) is 0 Å². The number of carbonyl (C=O) groups is 2. The van der Waals surface area contributed by atoms with Crippen LogP contribution < -0.4 is 4.74 Å². The minimum absolute atomic E-state index is 0.0471. The molecular weight excluding hydrogens is 761 g/mol. The first-order valence-electron chi connectivity index (χ1n) is 23.1. The van der Waals surface area contributed by atoms with Crippen LogP contribution in [0.15, 0.2) is 35.2 Å². The summed E-state index contributed by atoms with van der Waals surface area (Å²) in [6.07, 6.45) is 14.9. The van der Waals surface area contributed by atoms with E-state index in [0.717, 1.165) is 24.2 Å². The zero-order chi connectivity index (χ0) is 43.2. The minimum atomic E-state index is -1.33. The maximum Gasteiger partial charge on any atom is 0.378 e. The van der Waals surface area contributed by atoms with E-state index in [0.29, 0.717) is 79.5 Å². The number of benzene rings is 1. The number of rotatable bonds is 4. The first-order chi connectivity index (χ1) is 28.1. The van der Waals surface area contributed by atoms with E-state index in [1.807, 2.05) is 13.8 Å². The van der Waals surface area contributed by atoms with Gasteiger partial charge in [0.2, 0.25) is 11.5 Å². The van der Waals surface area contributed by atoms with Crippen LogP contribution in [0.25, 0.3) is 0 Å². The van der Waals surface area contributed by atoms with E-state index in [1.54, 1.807) is 13.0 Å². The standard InChI is InChI=1S/C34H52O4.C16H18O6/c1-20-26-27(28(35)36-20)38-34(8,37-26)22-12-16-30(4)18-21-10-11-25-31(5)15-9-14-29(2,3)24(31)13-17-32(25,6)33(21,7)19-23(22)30;1-8-4-11(19)15-14(8)21-16(2,22-15)13-10(18)5-9(7-17)6-12(13)20-3/h20-25H,9-19H2,1-8H3;5-6,8,17-18H,4,7H2,1-3H3/t20?,21?,22-,23?,24?,25?,30+,31-,32+,33+,34?;/m1./s1. The number of allylic oxidation sites excluding steroid dienone is 2. The Kier molecular flexibility index (Phi) is 9.47. The van der Waals surface area contributed by atoms with Crippen LogP contribution in [0.3, 0.4) is 0 Å². The summed E-state index contributed by atoms with van der Waals surface area (Å²) in [6.45, 7) is 23.2. The smallest absolute Gasteiger partial charge is 0.378 e. The second-order valence-electron chi connectivity index (χ2n) is 22.6. The van der Waals surface area contributed by atoms with Gasteiger partial charge in [-0.2, -0.15) is 0 Å². The number of cyclic esters (lactones) is 1. The maximum atomic E-state index is 12.5. The first kappa shape index (κ1) is 41.9. The van der Waals surface area contributed by atoms with Crippen molar-refractivity contribution in [1.29, 1.82) is 0 Å². The van der Waals surface area contributed by atoms with E-state index >= 15 is 0 Å². The van der Waals surface area contributed by atoms with E-state index in [1.165, 1.54) is 77.4 Å². The van der Waals surface area contributed by atoms with Gasteiger partial charge in [-0.05, 0) is 140 Å². The molecule has 6 aliphatic carbocycles. The number of phenolic OH excluding ortho intramolecular Hbond substituents is 1. The van der Waals surface area contributed by atoms with Gasteiger partial charge in [-0.1, -0.05) is 54.9 Å². The van der Waals surface area contributed by atoms with Crippen molar-refractivity contribution in [2.45, 2.75) is 171 Å². The Hall–Kier alpha value is -3.40. The van der Waals surface area contributed by atoms with Crippen molar-refractivity contribution < 1.29 is 48.2 Å². The fraction of sp³-hybridized carbons (Fsp3) is 0.760. The molecule has 1 aromatic rings. The Balaban J connectivity index is 0.000000179. The topological polar surface area (TPSA) is 130 Å². The molecule has 10 nitrogen and oxygen atoms in total. The van der Waals surface area contributed by atoms with Gasteiger partial charge in [0.05, 0.1) is 13.7 Å². The number of methoxy groups -OCH3 is 1. The summed E-state index contributed by atoms with van der Waals surface area (Å²) in [5, 5.41) is 19.5. The Morgan fingerprint density at radius 3 is 2.20 bits per heavy atom. The number of esters is 1. The maximum absolute atomic E-state index is 12.5. The summed E-state index contributed by atoms with van der Waals surface area (Å²) in [4.78, 5) is 24.4. The predicted octanol–water partition coefficient (Wildman–Crippen LogP) is 10.3. The number of phenols is 1. The normalized spacial score (nSPS) is 45.6. The number of ketones is 1. The number of fused-ring (bicyclic) bond motifs is 6. The van der Waals surface area contributed by atoms with Crippen molar-refractivity contribution >= 4 is 11.8 Å². The molecule has 0 amide bonds. The molecule has 10 heteroatoms. The summed E-state index contributed by atoms with van der Waals surface area (Å²) >= 11 is 0. The van der Waals surface area contributed by atoms with Gasteiger partial charge in [0.1, 0.15) is 17.1 Å². The molecule has 3 aliphatic heterocycles. The molecule has 5 fully saturated rings. The van der Waals surface area contributed by atoms with Gasteiger partial charge in [0.25, 0.3) is 17.3 Å². The quantitative estimate of drug-likeness (QED) is 0.283. The van der Waals surface area contributed by atoms with Crippen LogP contribution in [0.1, 0.15) is 157 Å². The van der Waals surface area contributed by atoms with Gasteiger partial charge in [0, 0.05) is 32.1 Å². The van der Waals surface area contributed by atoms with Gasteiger partial charge in [-0.3, -0.25) is 4.79 Å². The van der Waals surface area contributed by atoms with Gasteiger partial charge in [-0.25, -0.2) is 4.79 Å². The number of aromatic hydroxyl groups is 1. The van der Waals surface area contributed by atoms with E-state index in [4.69, 9.17) is 28.4 Å². The molecule has 10 rings (SSSR count). The van der Waals surface area contributed by atoms with Crippen molar-refractivity contribution in [3.63, 3.8) is 0 Å². The Morgan fingerprint density at radius 2 is 1.52 bits per heavy atom. The number of hydrogen-bond donors (Lipinski definition) is 2. The largest absolute Gasteiger partial charge is 0.507 e. The lowest BCUT2D eigenvalue weighted by Gasteiger charge is -2.72. The molecule has 0 saturated heterocycles. The van der Waals surface area contributed by atoms with E-state index in [2.05, 4.69) is 48.5 Å². The highest BCUT2D eigenvalue weighted by atomic mass is 16.8. The Bertz CT molecular complexity index is 2050. The van der Waals surface area contributed by atoms with Crippen LogP contribution in [0.2, 0.25) is 0 Å². The monoisotopic (exact) mass is 830 g/mol. The summed E-state index contributed by atoms with van der Waals surface area (Å²) in [5.41, 5.74) is 2.82. The molecule has 8 unspecified atom stereocenters. The predicted molar refractivity (Wildman–Crippen MR) is 224 cm³/mol. The lowest BCUT2D eigenvalue weighted by molar-refractivity contribution is -0.247. The molecule has 9 aliphatic rings. The highest BCUT2D eigenvalue weighted by molar-refractivity contribution is 5.97. The van der Waals surface area contributed by atoms with Crippen LogP contribution in [-0.4, -0.2) is 41.0 Å².